The van der Waals surface area contributed by atoms with Gasteiger partial charge in [0.15, 0.2) is 0 Å². The van der Waals surface area contributed by atoms with Crippen molar-refractivity contribution < 1.29 is 14.3 Å². The van der Waals surface area contributed by atoms with E-state index in [0.717, 1.165) is 31.6 Å². The minimum Gasteiger partial charge on any atom is -0.493 e. The number of amides is 2. The zero-order valence-corrected chi connectivity index (χ0v) is 13.9. The molecular formula is C18H26N2O3. The van der Waals surface area contributed by atoms with E-state index in [4.69, 9.17) is 4.74 Å². The van der Waals surface area contributed by atoms with E-state index in [9.17, 15) is 9.59 Å². The van der Waals surface area contributed by atoms with Crippen molar-refractivity contribution in [3.8, 4) is 5.75 Å². The molecule has 0 spiro atoms. The molecule has 1 aliphatic rings. The first-order valence-corrected chi connectivity index (χ1v) is 8.39. The largest absolute Gasteiger partial charge is 0.493 e. The molecule has 0 atom stereocenters. The minimum absolute atomic E-state index is 0.00859. The summed E-state index contributed by atoms with van der Waals surface area (Å²) in [7, 11) is 0. The number of nitrogens with one attached hydrogen (secondary N) is 2. The van der Waals surface area contributed by atoms with Crippen LogP contribution in [0.15, 0.2) is 24.3 Å². The lowest BCUT2D eigenvalue weighted by atomic mass is 9.87. The minimum atomic E-state index is -0.290. The fourth-order valence-electron chi connectivity index (χ4n) is 2.87. The van der Waals surface area contributed by atoms with Gasteiger partial charge < -0.3 is 15.4 Å². The Morgan fingerprint density at radius 1 is 1.17 bits per heavy atom. The molecule has 1 aromatic carbocycles. The van der Waals surface area contributed by atoms with Crippen LogP contribution in [0.1, 0.15) is 49.9 Å². The first-order chi connectivity index (χ1) is 11.1. The molecule has 23 heavy (non-hydrogen) atoms. The van der Waals surface area contributed by atoms with E-state index < -0.39 is 0 Å². The number of benzene rings is 1. The Morgan fingerprint density at radius 3 is 2.57 bits per heavy atom. The molecule has 0 unspecified atom stereocenters. The third kappa shape index (κ3) is 5.27. The van der Waals surface area contributed by atoms with Crippen molar-refractivity contribution in [1.29, 1.82) is 0 Å². The summed E-state index contributed by atoms with van der Waals surface area (Å²) in [4.78, 5) is 24.2. The van der Waals surface area contributed by atoms with Gasteiger partial charge in [0.05, 0.1) is 18.7 Å². The highest BCUT2D eigenvalue weighted by atomic mass is 16.5. The van der Waals surface area contributed by atoms with E-state index in [0.29, 0.717) is 17.9 Å². The average molecular weight is 318 g/mol. The van der Waals surface area contributed by atoms with Gasteiger partial charge in [0, 0.05) is 6.04 Å². The first kappa shape index (κ1) is 17.3. The summed E-state index contributed by atoms with van der Waals surface area (Å²) in [6.45, 7) is 4.59. The predicted molar refractivity (Wildman–Crippen MR) is 89.5 cm³/mol. The second-order valence-corrected chi connectivity index (χ2v) is 6.14. The van der Waals surface area contributed by atoms with Crippen molar-refractivity contribution in [2.24, 2.45) is 5.92 Å². The van der Waals surface area contributed by atoms with Gasteiger partial charge >= 0.3 is 0 Å². The Hall–Kier alpha value is -2.04. The Morgan fingerprint density at radius 2 is 1.87 bits per heavy atom. The van der Waals surface area contributed by atoms with Gasteiger partial charge in [-0.15, -0.1) is 0 Å². The lowest BCUT2D eigenvalue weighted by Crippen LogP contribution is -2.43. The van der Waals surface area contributed by atoms with Crippen LogP contribution >= 0.6 is 0 Å². The summed E-state index contributed by atoms with van der Waals surface area (Å²) in [6, 6.07) is 7.29. The van der Waals surface area contributed by atoms with Crippen LogP contribution in [0.3, 0.4) is 0 Å². The zero-order chi connectivity index (χ0) is 16.7. The van der Waals surface area contributed by atoms with E-state index in [-0.39, 0.29) is 24.4 Å². The topological polar surface area (TPSA) is 67.4 Å². The second kappa shape index (κ2) is 8.56. The molecule has 1 fully saturated rings. The Balaban J connectivity index is 1.81. The van der Waals surface area contributed by atoms with Crippen molar-refractivity contribution in [2.45, 2.75) is 45.6 Å². The molecule has 2 rings (SSSR count). The molecule has 0 saturated heterocycles. The van der Waals surface area contributed by atoms with Crippen LogP contribution in [0.5, 0.6) is 5.75 Å². The highest BCUT2D eigenvalue weighted by molar-refractivity contribution is 5.98. The molecule has 0 bridgehead atoms. The fourth-order valence-corrected chi connectivity index (χ4v) is 2.87. The van der Waals surface area contributed by atoms with Crippen molar-refractivity contribution in [3.63, 3.8) is 0 Å². The van der Waals surface area contributed by atoms with Crippen LogP contribution in [-0.2, 0) is 4.79 Å². The van der Waals surface area contributed by atoms with Gasteiger partial charge in [-0.05, 0) is 50.7 Å². The number of carbonyl (C=O) groups is 2. The number of para-hydroxylation sites is 1. The number of hydrogen-bond donors (Lipinski definition) is 2. The molecule has 5 nitrogen and oxygen atoms in total. The van der Waals surface area contributed by atoms with Gasteiger partial charge in [-0.3, -0.25) is 9.59 Å². The number of carbonyl (C=O) groups excluding carboxylic acids is 2. The van der Waals surface area contributed by atoms with E-state index in [2.05, 4.69) is 17.6 Å². The van der Waals surface area contributed by atoms with Crippen molar-refractivity contribution in [3.05, 3.63) is 29.8 Å². The first-order valence-electron chi connectivity index (χ1n) is 8.39. The van der Waals surface area contributed by atoms with Crippen LogP contribution in [0.4, 0.5) is 0 Å². The molecule has 126 valence electrons. The fraction of sp³-hybridized carbons (Fsp3) is 0.556. The third-order valence-electron chi connectivity index (χ3n) is 4.22. The summed E-state index contributed by atoms with van der Waals surface area (Å²) in [6.07, 6.45) is 4.35. The summed E-state index contributed by atoms with van der Waals surface area (Å²) in [5.74, 6) is 0.861. The van der Waals surface area contributed by atoms with E-state index in [1.165, 1.54) is 0 Å². The van der Waals surface area contributed by atoms with Gasteiger partial charge in [-0.1, -0.05) is 19.1 Å². The predicted octanol–water partition coefficient (Wildman–Crippen LogP) is 2.51. The smallest absolute Gasteiger partial charge is 0.255 e. The van der Waals surface area contributed by atoms with Gasteiger partial charge in [0.25, 0.3) is 5.91 Å². The van der Waals surface area contributed by atoms with E-state index in [1.54, 1.807) is 18.2 Å². The molecular weight excluding hydrogens is 292 g/mol. The quantitative estimate of drug-likeness (QED) is 0.847. The summed E-state index contributed by atoms with van der Waals surface area (Å²) < 4.78 is 5.44. The maximum absolute atomic E-state index is 12.2. The summed E-state index contributed by atoms with van der Waals surface area (Å²) >= 11 is 0. The van der Waals surface area contributed by atoms with Crippen LogP contribution < -0.4 is 15.4 Å². The molecule has 1 aromatic rings. The summed E-state index contributed by atoms with van der Waals surface area (Å²) in [5.41, 5.74) is 0.452. The normalized spacial score (nSPS) is 20.6. The van der Waals surface area contributed by atoms with Crippen LogP contribution in [-0.4, -0.2) is 31.0 Å². The molecule has 5 heteroatoms. The van der Waals surface area contributed by atoms with E-state index in [1.807, 2.05) is 13.0 Å². The highest BCUT2D eigenvalue weighted by Crippen LogP contribution is 2.23. The van der Waals surface area contributed by atoms with Crippen LogP contribution in [0, 0.1) is 5.92 Å². The van der Waals surface area contributed by atoms with Gasteiger partial charge in [0.2, 0.25) is 5.91 Å². The van der Waals surface area contributed by atoms with Crippen molar-refractivity contribution in [1.82, 2.24) is 10.6 Å². The molecule has 0 radical (unpaired) electrons. The zero-order valence-electron chi connectivity index (χ0n) is 13.9. The molecule has 1 aliphatic carbocycles. The highest BCUT2D eigenvalue weighted by Gasteiger charge is 2.20. The molecule has 0 aromatic heterocycles. The Labute approximate surface area is 137 Å². The molecule has 1 saturated carbocycles. The molecule has 2 N–H and O–H groups in total. The van der Waals surface area contributed by atoms with Gasteiger partial charge in [0.1, 0.15) is 5.75 Å². The second-order valence-electron chi connectivity index (χ2n) is 6.14. The molecule has 0 aliphatic heterocycles. The third-order valence-corrected chi connectivity index (χ3v) is 4.22. The van der Waals surface area contributed by atoms with Gasteiger partial charge in [-0.2, -0.15) is 0 Å². The lowest BCUT2D eigenvalue weighted by Gasteiger charge is -2.26. The van der Waals surface area contributed by atoms with Gasteiger partial charge in [-0.25, -0.2) is 0 Å². The number of hydrogen-bond acceptors (Lipinski definition) is 3. The standard InChI is InChI=1S/C18H26N2O3/c1-3-23-16-7-5-4-6-15(16)18(22)19-12-17(21)20-14-10-8-13(2)9-11-14/h4-7,13-14H,3,8-12H2,1-2H3,(H,19,22)(H,20,21). The Bertz CT molecular complexity index is 537. The van der Waals surface area contributed by atoms with Crippen LogP contribution in [0.25, 0.3) is 0 Å². The van der Waals surface area contributed by atoms with Crippen molar-refractivity contribution >= 4 is 11.8 Å². The molecule has 2 amide bonds. The maximum atomic E-state index is 12.2. The van der Waals surface area contributed by atoms with Crippen molar-refractivity contribution in [2.75, 3.05) is 13.2 Å². The monoisotopic (exact) mass is 318 g/mol. The van der Waals surface area contributed by atoms with Crippen LogP contribution in [0.2, 0.25) is 0 Å². The average Bonchev–Trinajstić information content (AvgIpc) is 2.56. The maximum Gasteiger partial charge on any atom is 0.255 e. The number of rotatable bonds is 6. The lowest BCUT2D eigenvalue weighted by molar-refractivity contribution is -0.121. The molecule has 0 heterocycles. The summed E-state index contributed by atoms with van der Waals surface area (Å²) in [5, 5.41) is 5.67. The Kier molecular flexibility index (Phi) is 6.44. The SMILES string of the molecule is CCOc1ccccc1C(=O)NCC(=O)NC1CCC(C)CC1. The van der Waals surface area contributed by atoms with E-state index >= 15 is 0 Å². The number of ether oxygens (including phenoxy) is 1.